The molecular weight excluding hydrogens is 503 g/mol. The molecule has 1 aliphatic heterocycles. The van der Waals surface area contributed by atoms with Crippen molar-refractivity contribution in [1.29, 1.82) is 0 Å². The zero-order valence-corrected chi connectivity index (χ0v) is 22.7. The lowest BCUT2D eigenvalue weighted by molar-refractivity contribution is -0.114. The minimum Gasteiger partial charge on any atom is -0.322 e. The van der Waals surface area contributed by atoms with Crippen LogP contribution in [0.15, 0.2) is 83.9 Å². The first kappa shape index (κ1) is 26.1. The number of carbonyl (C=O) groups excluding carboxylic acids is 2. The number of aromatic nitrogens is 2. The van der Waals surface area contributed by atoms with E-state index < -0.39 is 6.17 Å². The standard InChI is InChI=1S/C33H33FN4O2/c1-22-2-4-23(5-3-22)20-38-21-28(18-35-38)33(40)36-30-8-9-32(39)31(17-30)27-15-25-7-6-24(14-26(25)16-27)19-37-12-10-29(34)11-13-37/h2-8,14,16-18,21,29H,9-13,15,19-20H2,1H3,(H,36,40). The summed E-state index contributed by atoms with van der Waals surface area (Å²) in [5, 5.41) is 7.30. The molecule has 3 aliphatic rings. The van der Waals surface area contributed by atoms with E-state index in [-0.39, 0.29) is 18.1 Å². The fourth-order valence-corrected chi connectivity index (χ4v) is 5.59. The monoisotopic (exact) mass is 536 g/mol. The van der Waals surface area contributed by atoms with Crippen molar-refractivity contribution in [2.24, 2.45) is 0 Å². The number of alkyl halides is 1. The van der Waals surface area contributed by atoms with Gasteiger partial charge in [-0.2, -0.15) is 5.10 Å². The van der Waals surface area contributed by atoms with Crippen LogP contribution in [0, 0.1) is 6.92 Å². The molecule has 0 spiro atoms. The molecule has 2 heterocycles. The number of amides is 1. The summed E-state index contributed by atoms with van der Waals surface area (Å²) < 4.78 is 15.2. The minimum atomic E-state index is -0.673. The Hall–Kier alpha value is -4.10. The summed E-state index contributed by atoms with van der Waals surface area (Å²) in [6, 6.07) is 14.7. The Morgan fingerprint density at radius 1 is 1.05 bits per heavy atom. The van der Waals surface area contributed by atoms with E-state index in [1.54, 1.807) is 29.2 Å². The van der Waals surface area contributed by atoms with Crippen LogP contribution in [-0.4, -0.2) is 45.6 Å². The van der Waals surface area contributed by atoms with Gasteiger partial charge in [-0.1, -0.05) is 60.2 Å². The molecule has 0 atom stereocenters. The van der Waals surface area contributed by atoms with Gasteiger partial charge in [0.1, 0.15) is 6.17 Å². The van der Waals surface area contributed by atoms with Crippen LogP contribution in [0.25, 0.3) is 6.08 Å². The number of hydrogen-bond acceptors (Lipinski definition) is 4. The number of nitrogens with one attached hydrogen (secondary N) is 1. The third-order valence-corrected chi connectivity index (χ3v) is 7.92. The predicted octanol–water partition coefficient (Wildman–Crippen LogP) is 5.33. The lowest BCUT2D eigenvalue weighted by Crippen LogP contribution is -2.33. The largest absolute Gasteiger partial charge is 0.322 e. The number of hydrogen-bond donors (Lipinski definition) is 1. The zero-order valence-electron chi connectivity index (χ0n) is 22.7. The number of halogens is 1. The molecule has 7 heteroatoms. The molecule has 1 fully saturated rings. The lowest BCUT2D eigenvalue weighted by Gasteiger charge is -2.28. The van der Waals surface area contributed by atoms with Crippen LogP contribution in [0.1, 0.15) is 57.4 Å². The van der Waals surface area contributed by atoms with Crippen molar-refractivity contribution in [2.45, 2.75) is 51.9 Å². The molecule has 1 N–H and O–H groups in total. The minimum absolute atomic E-state index is 0.0530. The van der Waals surface area contributed by atoms with Gasteiger partial charge in [0.25, 0.3) is 5.91 Å². The second-order valence-corrected chi connectivity index (χ2v) is 11.0. The first-order valence-electron chi connectivity index (χ1n) is 13.9. The summed E-state index contributed by atoms with van der Waals surface area (Å²) in [4.78, 5) is 28.1. The maximum Gasteiger partial charge on any atom is 0.258 e. The second kappa shape index (κ2) is 11.2. The SMILES string of the molecule is Cc1ccc(Cn2cc(C(=O)NC3=CCC(=O)C(C4=Cc5cc(CN6CCC(F)CC6)ccc5C4)=C3)cn2)cc1. The number of rotatable bonds is 7. The Morgan fingerprint density at radius 2 is 1.82 bits per heavy atom. The number of piperidine rings is 1. The summed E-state index contributed by atoms with van der Waals surface area (Å²) in [7, 11) is 0. The highest BCUT2D eigenvalue weighted by Crippen LogP contribution is 2.33. The van der Waals surface area contributed by atoms with Gasteiger partial charge in [0, 0.05) is 43.5 Å². The predicted molar refractivity (Wildman–Crippen MR) is 153 cm³/mol. The first-order valence-corrected chi connectivity index (χ1v) is 13.9. The van der Waals surface area contributed by atoms with Crippen LogP contribution in [0.5, 0.6) is 0 Å². The molecule has 40 heavy (non-hydrogen) atoms. The normalized spacial score (nSPS) is 17.8. The molecule has 2 aliphatic carbocycles. The number of benzene rings is 2. The lowest BCUT2D eigenvalue weighted by atomic mass is 9.93. The number of likely N-dealkylation sites (tertiary alicyclic amines) is 1. The second-order valence-electron chi connectivity index (χ2n) is 11.0. The van der Waals surface area contributed by atoms with Gasteiger partial charge >= 0.3 is 0 Å². The molecule has 6 rings (SSSR count). The van der Waals surface area contributed by atoms with Crippen LogP contribution in [0.3, 0.4) is 0 Å². The molecule has 0 bridgehead atoms. The van der Waals surface area contributed by atoms with Gasteiger partial charge in [0.15, 0.2) is 5.78 Å². The highest BCUT2D eigenvalue weighted by Gasteiger charge is 2.24. The van der Waals surface area contributed by atoms with Crippen LogP contribution >= 0.6 is 0 Å². The molecule has 6 nitrogen and oxygen atoms in total. The van der Waals surface area contributed by atoms with Gasteiger partial charge in [-0.3, -0.25) is 19.2 Å². The Balaban J connectivity index is 1.11. The molecule has 204 valence electrons. The number of carbonyl (C=O) groups is 2. The van der Waals surface area contributed by atoms with E-state index in [9.17, 15) is 14.0 Å². The van der Waals surface area contributed by atoms with Crippen molar-refractivity contribution < 1.29 is 14.0 Å². The van der Waals surface area contributed by atoms with Gasteiger partial charge in [-0.05, 0) is 60.1 Å². The van der Waals surface area contributed by atoms with E-state index in [1.807, 2.05) is 6.92 Å². The highest BCUT2D eigenvalue weighted by molar-refractivity contribution is 6.04. The van der Waals surface area contributed by atoms with Crippen LogP contribution in [0.4, 0.5) is 4.39 Å². The molecule has 0 unspecified atom stereocenters. The maximum atomic E-state index is 13.5. The molecule has 0 saturated carbocycles. The number of allylic oxidation sites excluding steroid dienone is 4. The molecule has 1 aromatic heterocycles. The smallest absolute Gasteiger partial charge is 0.258 e. The fourth-order valence-electron chi connectivity index (χ4n) is 5.59. The van der Waals surface area contributed by atoms with E-state index in [0.717, 1.165) is 36.3 Å². The van der Waals surface area contributed by atoms with E-state index in [1.165, 1.54) is 16.7 Å². The zero-order chi connectivity index (χ0) is 27.6. The van der Waals surface area contributed by atoms with Gasteiger partial charge in [-0.25, -0.2) is 4.39 Å². The Labute approximate surface area is 233 Å². The third-order valence-electron chi connectivity index (χ3n) is 7.92. The number of Topliss-reactive ketones (excluding diaryl/α,β-unsaturated/α-hetero) is 1. The van der Waals surface area contributed by atoms with Crippen molar-refractivity contribution in [2.75, 3.05) is 13.1 Å². The van der Waals surface area contributed by atoms with Crippen LogP contribution in [0.2, 0.25) is 0 Å². The van der Waals surface area contributed by atoms with Crippen molar-refractivity contribution >= 4 is 17.8 Å². The van der Waals surface area contributed by atoms with Crippen LogP contribution < -0.4 is 5.32 Å². The van der Waals surface area contributed by atoms with Crippen LogP contribution in [-0.2, 0) is 24.3 Å². The average Bonchev–Trinajstić information content (AvgIpc) is 3.59. The molecule has 0 radical (unpaired) electrons. The van der Waals surface area contributed by atoms with Crippen molar-refractivity contribution in [3.63, 3.8) is 0 Å². The first-order chi connectivity index (χ1) is 19.4. The average molecular weight is 537 g/mol. The molecular formula is C33H33FN4O2. The topological polar surface area (TPSA) is 67.2 Å². The number of ketones is 1. The fraction of sp³-hybridized carbons (Fsp3) is 0.303. The van der Waals surface area contributed by atoms with Crippen molar-refractivity contribution in [3.8, 4) is 0 Å². The summed E-state index contributed by atoms with van der Waals surface area (Å²) >= 11 is 0. The molecule has 1 amide bonds. The number of nitrogens with zero attached hydrogens (tertiary/aromatic N) is 3. The highest BCUT2D eigenvalue weighted by atomic mass is 19.1. The van der Waals surface area contributed by atoms with Gasteiger partial charge < -0.3 is 5.32 Å². The summed E-state index contributed by atoms with van der Waals surface area (Å²) in [6.45, 7) is 5.02. The quantitative estimate of drug-likeness (QED) is 0.444. The third kappa shape index (κ3) is 5.89. The molecule has 2 aromatic carbocycles. The van der Waals surface area contributed by atoms with E-state index in [0.29, 0.717) is 42.6 Å². The Kier molecular flexibility index (Phi) is 7.30. The molecule has 3 aromatic rings. The van der Waals surface area contributed by atoms with Crippen molar-refractivity contribution in [3.05, 3.63) is 117 Å². The number of fused-ring (bicyclic) bond motifs is 1. The van der Waals surface area contributed by atoms with Gasteiger partial charge in [0.05, 0.1) is 18.3 Å². The Morgan fingerprint density at radius 3 is 2.62 bits per heavy atom. The van der Waals surface area contributed by atoms with E-state index in [2.05, 4.69) is 63.9 Å². The van der Waals surface area contributed by atoms with Gasteiger partial charge in [0.2, 0.25) is 0 Å². The summed E-state index contributed by atoms with van der Waals surface area (Å²) in [5.41, 5.74) is 8.55. The summed E-state index contributed by atoms with van der Waals surface area (Å²) in [5.74, 6) is -0.200. The number of aryl methyl sites for hydroxylation is 1. The Bertz CT molecular complexity index is 1540. The van der Waals surface area contributed by atoms with Crippen molar-refractivity contribution in [1.82, 2.24) is 20.0 Å². The summed E-state index contributed by atoms with van der Waals surface area (Å²) in [6.07, 6.45) is 10.4. The molecule has 1 saturated heterocycles. The van der Waals surface area contributed by atoms with E-state index >= 15 is 0 Å². The van der Waals surface area contributed by atoms with Gasteiger partial charge in [-0.15, -0.1) is 0 Å². The van der Waals surface area contributed by atoms with E-state index in [4.69, 9.17) is 0 Å². The maximum absolute atomic E-state index is 13.5.